The van der Waals surface area contributed by atoms with Crippen LogP contribution in [0.15, 0.2) is 35.5 Å². The van der Waals surface area contributed by atoms with Gasteiger partial charge in [-0.1, -0.05) is 0 Å². The van der Waals surface area contributed by atoms with Gasteiger partial charge in [0, 0.05) is 12.5 Å². The van der Waals surface area contributed by atoms with Crippen molar-refractivity contribution < 1.29 is 13.2 Å². The zero-order valence-corrected chi connectivity index (χ0v) is 11.6. The van der Waals surface area contributed by atoms with Crippen LogP contribution in [0.5, 0.6) is 11.8 Å². The summed E-state index contributed by atoms with van der Waals surface area (Å²) in [7, 11) is -3.48. The second-order valence-corrected chi connectivity index (χ2v) is 5.98. The molecule has 1 heterocycles. The van der Waals surface area contributed by atoms with Gasteiger partial charge in [0.2, 0.25) is 0 Å². The minimum Gasteiger partial charge on any atom is -0.424 e. The van der Waals surface area contributed by atoms with Gasteiger partial charge < -0.3 is 4.74 Å². The first kappa shape index (κ1) is 14.4. The number of sulfone groups is 1. The van der Waals surface area contributed by atoms with E-state index in [4.69, 9.17) is 15.3 Å². The second-order valence-electron chi connectivity index (χ2n) is 4.02. The number of nitriles is 2. The lowest BCUT2D eigenvalue weighted by Crippen LogP contribution is -2.02. The van der Waals surface area contributed by atoms with E-state index in [2.05, 4.69) is 9.97 Å². The van der Waals surface area contributed by atoms with Crippen molar-refractivity contribution in [3.05, 3.63) is 41.6 Å². The SMILES string of the molecule is CS(=O)(=O)c1ccnc(Oc2cc(C#N)cc(C#N)c2)n1. The standard InChI is InChI=1S/C13H8N4O3S/c1-21(18,19)12-2-3-16-13(17-12)20-11-5-9(7-14)4-10(6-11)8-15/h2-6H,1H3. The summed E-state index contributed by atoms with van der Waals surface area (Å²) in [5.41, 5.74) is 0.478. The van der Waals surface area contributed by atoms with Crippen molar-refractivity contribution in [2.45, 2.75) is 5.03 Å². The molecule has 1 aromatic heterocycles. The predicted octanol–water partition coefficient (Wildman–Crippen LogP) is 1.42. The Balaban J connectivity index is 2.40. The Bertz CT molecular complexity index is 847. The summed E-state index contributed by atoms with van der Waals surface area (Å²) in [6.07, 6.45) is 2.27. The molecule has 21 heavy (non-hydrogen) atoms. The number of aromatic nitrogens is 2. The fraction of sp³-hybridized carbons (Fsp3) is 0.0769. The minimum atomic E-state index is -3.48. The predicted molar refractivity (Wildman–Crippen MR) is 71.1 cm³/mol. The van der Waals surface area contributed by atoms with Gasteiger partial charge in [-0.15, -0.1) is 0 Å². The van der Waals surface area contributed by atoms with E-state index >= 15 is 0 Å². The van der Waals surface area contributed by atoms with E-state index in [-0.39, 0.29) is 27.9 Å². The first-order valence-corrected chi connectivity index (χ1v) is 7.48. The van der Waals surface area contributed by atoms with Gasteiger partial charge in [-0.3, -0.25) is 0 Å². The molecular weight excluding hydrogens is 292 g/mol. The van der Waals surface area contributed by atoms with Gasteiger partial charge in [0.25, 0.3) is 0 Å². The van der Waals surface area contributed by atoms with Crippen molar-refractivity contribution in [2.75, 3.05) is 6.26 Å². The fourth-order valence-corrected chi connectivity index (χ4v) is 2.03. The van der Waals surface area contributed by atoms with Crippen LogP contribution in [0.25, 0.3) is 0 Å². The molecule has 104 valence electrons. The summed E-state index contributed by atoms with van der Waals surface area (Å²) in [4.78, 5) is 7.56. The Morgan fingerprint density at radius 2 is 1.76 bits per heavy atom. The van der Waals surface area contributed by atoms with Gasteiger partial charge in [0.1, 0.15) is 5.75 Å². The Morgan fingerprint density at radius 3 is 2.29 bits per heavy atom. The van der Waals surface area contributed by atoms with Crippen molar-refractivity contribution >= 4 is 9.84 Å². The Kier molecular flexibility index (Phi) is 3.83. The van der Waals surface area contributed by atoms with Gasteiger partial charge in [0.05, 0.1) is 23.3 Å². The first-order valence-electron chi connectivity index (χ1n) is 5.58. The van der Waals surface area contributed by atoms with Crippen LogP contribution in [0.4, 0.5) is 0 Å². The van der Waals surface area contributed by atoms with Crippen molar-refractivity contribution in [1.29, 1.82) is 10.5 Å². The second kappa shape index (κ2) is 5.57. The molecule has 0 amide bonds. The lowest BCUT2D eigenvalue weighted by atomic mass is 10.1. The highest BCUT2D eigenvalue weighted by atomic mass is 32.2. The zero-order chi connectivity index (χ0) is 15.5. The van der Waals surface area contributed by atoms with Crippen LogP contribution >= 0.6 is 0 Å². The molecule has 0 unspecified atom stereocenters. The van der Waals surface area contributed by atoms with Gasteiger partial charge in [-0.2, -0.15) is 15.5 Å². The summed E-state index contributed by atoms with van der Waals surface area (Å²) in [5.74, 6) is 0.177. The van der Waals surface area contributed by atoms with Crippen molar-refractivity contribution in [3.8, 4) is 23.9 Å². The smallest absolute Gasteiger partial charge is 0.323 e. The Hall–Kier alpha value is -2.97. The molecule has 2 rings (SSSR count). The van der Waals surface area contributed by atoms with Crippen molar-refractivity contribution in [1.82, 2.24) is 9.97 Å². The summed E-state index contributed by atoms with van der Waals surface area (Å²) >= 11 is 0. The van der Waals surface area contributed by atoms with E-state index in [0.29, 0.717) is 0 Å². The van der Waals surface area contributed by atoms with Crippen molar-refractivity contribution in [3.63, 3.8) is 0 Å². The maximum absolute atomic E-state index is 11.4. The van der Waals surface area contributed by atoms with Crippen LogP contribution in [-0.2, 0) is 9.84 Å². The highest BCUT2D eigenvalue weighted by Gasteiger charge is 2.12. The third kappa shape index (κ3) is 3.53. The molecule has 0 N–H and O–H groups in total. The normalized spacial score (nSPS) is 10.4. The number of benzene rings is 1. The maximum atomic E-state index is 11.4. The number of rotatable bonds is 3. The highest BCUT2D eigenvalue weighted by molar-refractivity contribution is 7.90. The lowest BCUT2D eigenvalue weighted by molar-refractivity contribution is 0.435. The van der Waals surface area contributed by atoms with E-state index in [9.17, 15) is 8.42 Å². The molecule has 0 aliphatic rings. The van der Waals surface area contributed by atoms with Crippen molar-refractivity contribution in [2.24, 2.45) is 0 Å². The highest BCUT2D eigenvalue weighted by Crippen LogP contribution is 2.21. The molecule has 0 atom stereocenters. The number of nitrogens with zero attached hydrogens (tertiary/aromatic N) is 4. The molecule has 0 radical (unpaired) electrons. The Labute approximate surface area is 121 Å². The van der Waals surface area contributed by atoms with Gasteiger partial charge in [0.15, 0.2) is 14.9 Å². The molecule has 8 heteroatoms. The van der Waals surface area contributed by atoms with Crippen LogP contribution < -0.4 is 4.74 Å². The topological polar surface area (TPSA) is 117 Å². The van der Waals surface area contributed by atoms with E-state index in [0.717, 1.165) is 6.26 Å². The van der Waals surface area contributed by atoms with Gasteiger partial charge in [-0.05, 0) is 24.3 Å². The molecule has 0 bridgehead atoms. The summed E-state index contributed by atoms with van der Waals surface area (Å²) < 4.78 is 28.1. The fourth-order valence-electron chi connectivity index (χ4n) is 1.47. The molecule has 7 nitrogen and oxygen atoms in total. The molecule has 0 saturated heterocycles. The summed E-state index contributed by atoms with van der Waals surface area (Å²) in [5, 5.41) is 17.6. The first-order chi connectivity index (χ1) is 9.92. The van der Waals surface area contributed by atoms with Gasteiger partial charge >= 0.3 is 6.01 Å². The number of ether oxygens (including phenoxy) is 1. The largest absolute Gasteiger partial charge is 0.424 e. The minimum absolute atomic E-state index is 0.176. The molecule has 0 saturated carbocycles. The van der Waals surface area contributed by atoms with E-state index in [1.54, 1.807) is 0 Å². The van der Waals surface area contributed by atoms with Crippen LogP contribution in [-0.4, -0.2) is 24.6 Å². The van der Waals surface area contributed by atoms with E-state index < -0.39 is 9.84 Å². The molecule has 2 aromatic rings. The van der Waals surface area contributed by atoms with Crippen LogP contribution in [0.1, 0.15) is 11.1 Å². The zero-order valence-electron chi connectivity index (χ0n) is 10.8. The molecule has 0 spiro atoms. The average molecular weight is 300 g/mol. The summed E-state index contributed by atoms with van der Waals surface area (Å²) in [6.45, 7) is 0. The lowest BCUT2D eigenvalue weighted by Gasteiger charge is -2.05. The molecular formula is C13H8N4O3S. The number of hydrogen-bond acceptors (Lipinski definition) is 7. The molecule has 0 fully saturated rings. The maximum Gasteiger partial charge on any atom is 0.323 e. The monoisotopic (exact) mass is 300 g/mol. The van der Waals surface area contributed by atoms with Gasteiger partial charge in [-0.25, -0.2) is 13.4 Å². The average Bonchev–Trinajstić information content (AvgIpc) is 2.46. The third-order valence-electron chi connectivity index (χ3n) is 2.36. The summed E-state index contributed by atoms with van der Waals surface area (Å²) in [6, 6.07) is 9.06. The van der Waals surface area contributed by atoms with E-state index in [1.807, 2.05) is 12.1 Å². The molecule has 0 aliphatic heterocycles. The molecule has 1 aromatic carbocycles. The Morgan fingerprint density at radius 1 is 1.14 bits per heavy atom. The number of hydrogen-bond donors (Lipinski definition) is 0. The molecule has 0 aliphatic carbocycles. The van der Waals surface area contributed by atoms with Crippen LogP contribution in [0.3, 0.4) is 0 Å². The quantitative estimate of drug-likeness (QED) is 0.786. The van der Waals surface area contributed by atoms with Crippen LogP contribution in [0, 0.1) is 22.7 Å². The van der Waals surface area contributed by atoms with Crippen LogP contribution in [0.2, 0.25) is 0 Å². The van der Waals surface area contributed by atoms with E-state index in [1.165, 1.54) is 30.5 Å². The third-order valence-corrected chi connectivity index (χ3v) is 3.35.